The molecule has 2 unspecified atom stereocenters. The summed E-state index contributed by atoms with van der Waals surface area (Å²) in [6, 6.07) is 53.5. The number of nitrogens with one attached hydrogen (secondary N) is 2. The number of para-hydroxylation sites is 2. The van der Waals surface area contributed by atoms with E-state index < -0.39 is 0 Å². The highest BCUT2D eigenvalue weighted by molar-refractivity contribution is 6.18. The van der Waals surface area contributed by atoms with Crippen molar-refractivity contribution in [3.63, 3.8) is 0 Å². The number of amidine groups is 1. The molecule has 2 atom stereocenters. The highest BCUT2D eigenvalue weighted by atomic mass is 16.3. The molecule has 0 saturated carbocycles. The standard InChI is InChI=1S/C48H35N3O2/c1-48(2)38-19-8-6-14-31(38)32-24-22-30(27-39(32)48)45-49-46(51-47(50-45)36-18-10-16-34-33-15-7-9-20-40(33)53-44(34)36)35-17-11-21-42-43(35)37-26-29(23-25-41(37)52-42)28-12-4-3-5-13-28/h3-27,45,47,50H,1-2H3,(H,49,51). The molecule has 2 aliphatic rings. The van der Waals surface area contributed by atoms with Gasteiger partial charge in [0, 0.05) is 38.1 Å². The number of fused-ring (bicyclic) bond motifs is 9. The molecule has 5 nitrogen and oxygen atoms in total. The van der Waals surface area contributed by atoms with E-state index in [-0.39, 0.29) is 17.7 Å². The van der Waals surface area contributed by atoms with Crippen LogP contribution in [-0.4, -0.2) is 5.84 Å². The van der Waals surface area contributed by atoms with Gasteiger partial charge in [0.15, 0.2) is 0 Å². The van der Waals surface area contributed by atoms with Crippen LogP contribution in [-0.2, 0) is 5.41 Å². The van der Waals surface area contributed by atoms with Gasteiger partial charge in [-0.3, -0.25) is 5.32 Å². The smallest absolute Gasteiger partial charge is 0.142 e. The molecular weight excluding hydrogens is 651 g/mol. The predicted molar refractivity (Wildman–Crippen MR) is 215 cm³/mol. The minimum Gasteiger partial charge on any atom is -0.456 e. The molecule has 1 aliphatic heterocycles. The van der Waals surface area contributed by atoms with E-state index in [9.17, 15) is 0 Å². The van der Waals surface area contributed by atoms with E-state index in [1.165, 1.54) is 27.8 Å². The van der Waals surface area contributed by atoms with Crippen molar-refractivity contribution in [2.75, 3.05) is 0 Å². The lowest BCUT2D eigenvalue weighted by molar-refractivity contribution is 0.407. The van der Waals surface area contributed by atoms with E-state index in [2.05, 4.69) is 152 Å². The summed E-state index contributed by atoms with van der Waals surface area (Å²) >= 11 is 0. The van der Waals surface area contributed by atoms with Crippen molar-refractivity contribution < 1.29 is 8.83 Å². The van der Waals surface area contributed by atoms with Gasteiger partial charge in [0.1, 0.15) is 40.5 Å². The zero-order valence-corrected chi connectivity index (χ0v) is 29.4. The molecule has 0 radical (unpaired) electrons. The molecule has 0 bridgehead atoms. The van der Waals surface area contributed by atoms with Crippen molar-refractivity contribution in [1.82, 2.24) is 10.6 Å². The number of hydrogen-bond donors (Lipinski definition) is 2. The summed E-state index contributed by atoms with van der Waals surface area (Å²) in [6.45, 7) is 4.65. The van der Waals surface area contributed by atoms with Crippen LogP contribution in [0.1, 0.15) is 54.0 Å². The largest absolute Gasteiger partial charge is 0.456 e. The Labute approximate surface area is 306 Å². The molecule has 11 rings (SSSR count). The van der Waals surface area contributed by atoms with Gasteiger partial charge in [0.05, 0.1) is 0 Å². The second-order valence-corrected chi connectivity index (χ2v) is 14.8. The molecular formula is C48H35N3O2. The van der Waals surface area contributed by atoms with E-state index in [1.807, 2.05) is 24.3 Å². The Morgan fingerprint density at radius 2 is 1.28 bits per heavy atom. The van der Waals surface area contributed by atoms with Crippen molar-refractivity contribution in [3.8, 4) is 22.3 Å². The van der Waals surface area contributed by atoms with Crippen molar-refractivity contribution in [2.45, 2.75) is 31.6 Å². The van der Waals surface area contributed by atoms with Gasteiger partial charge in [-0.1, -0.05) is 141 Å². The first-order valence-corrected chi connectivity index (χ1v) is 18.3. The van der Waals surface area contributed by atoms with Gasteiger partial charge in [0.25, 0.3) is 0 Å². The van der Waals surface area contributed by atoms with Crippen LogP contribution in [0.25, 0.3) is 66.1 Å². The summed E-state index contributed by atoms with van der Waals surface area (Å²) < 4.78 is 13.1. The first-order chi connectivity index (χ1) is 26.0. The lowest BCUT2D eigenvalue weighted by Gasteiger charge is -2.33. The zero-order chi connectivity index (χ0) is 35.3. The molecule has 5 heteroatoms. The Morgan fingerprint density at radius 3 is 2.21 bits per heavy atom. The van der Waals surface area contributed by atoms with Crippen LogP contribution in [0, 0.1) is 0 Å². The lowest BCUT2D eigenvalue weighted by atomic mass is 9.82. The van der Waals surface area contributed by atoms with Crippen LogP contribution >= 0.6 is 0 Å². The van der Waals surface area contributed by atoms with Gasteiger partial charge in [-0.2, -0.15) is 0 Å². The SMILES string of the molecule is CC1(C)c2ccccc2-c2ccc(C3N=C(c4cccc5oc6ccc(-c7ccccc7)cc6c45)NC(c4cccc5c4oc4ccccc45)N3)cc21. The molecule has 0 amide bonds. The van der Waals surface area contributed by atoms with E-state index in [0.29, 0.717) is 0 Å². The molecule has 53 heavy (non-hydrogen) atoms. The van der Waals surface area contributed by atoms with Crippen molar-refractivity contribution in [2.24, 2.45) is 4.99 Å². The molecule has 2 aromatic heterocycles. The molecule has 2 N–H and O–H groups in total. The van der Waals surface area contributed by atoms with Crippen LogP contribution in [0.3, 0.4) is 0 Å². The molecule has 1 aliphatic carbocycles. The number of aliphatic imine (C=N–C) groups is 1. The van der Waals surface area contributed by atoms with Gasteiger partial charge in [-0.05, 0) is 63.2 Å². The van der Waals surface area contributed by atoms with Gasteiger partial charge < -0.3 is 14.2 Å². The van der Waals surface area contributed by atoms with Crippen LogP contribution < -0.4 is 10.6 Å². The van der Waals surface area contributed by atoms with Gasteiger partial charge in [-0.15, -0.1) is 0 Å². The summed E-state index contributed by atoms with van der Waals surface area (Å²) in [6.07, 6.45) is -0.641. The second-order valence-electron chi connectivity index (χ2n) is 14.8. The van der Waals surface area contributed by atoms with Gasteiger partial charge in [-0.25, -0.2) is 4.99 Å². The lowest BCUT2D eigenvalue weighted by Crippen LogP contribution is -2.45. The Hall–Kier alpha value is -6.43. The molecule has 0 saturated heterocycles. The maximum Gasteiger partial charge on any atom is 0.142 e. The Kier molecular flexibility index (Phi) is 6.43. The fourth-order valence-corrected chi connectivity index (χ4v) is 8.75. The van der Waals surface area contributed by atoms with Crippen LogP contribution in [0.2, 0.25) is 0 Å². The number of nitrogens with zero attached hydrogens (tertiary/aromatic N) is 1. The number of furan rings is 2. The molecule has 7 aromatic carbocycles. The van der Waals surface area contributed by atoms with Crippen LogP contribution in [0.5, 0.6) is 0 Å². The van der Waals surface area contributed by atoms with Gasteiger partial charge in [0.2, 0.25) is 0 Å². The number of hydrogen-bond acceptors (Lipinski definition) is 5. The molecule has 254 valence electrons. The monoisotopic (exact) mass is 685 g/mol. The third-order valence-corrected chi connectivity index (χ3v) is 11.4. The highest BCUT2D eigenvalue weighted by Crippen LogP contribution is 2.49. The van der Waals surface area contributed by atoms with E-state index in [0.717, 1.165) is 72.0 Å². The Morgan fingerprint density at radius 1 is 0.547 bits per heavy atom. The molecule has 9 aromatic rings. The normalized spacial score (nSPS) is 17.6. The first kappa shape index (κ1) is 30.2. The van der Waals surface area contributed by atoms with E-state index >= 15 is 0 Å². The highest BCUT2D eigenvalue weighted by Gasteiger charge is 2.36. The Bertz CT molecular complexity index is 2950. The van der Waals surface area contributed by atoms with E-state index in [4.69, 9.17) is 13.8 Å². The van der Waals surface area contributed by atoms with Crippen molar-refractivity contribution in [1.29, 1.82) is 0 Å². The van der Waals surface area contributed by atoms with Crippen LogP contribution in [0.4, 0.5) is 0 Å². The average Bonchev–Trinajstić information content (AvgIpc) is 3.85. The molecule has 0 spiro atoms. The number of benzene rings is 7. The minimum absolute atomic E-state index is 0.127. The van der Waals surface area contributed by atoms with Crippen molar-refractivity contribution >= 4 is 49.7 Å². The fourth-order valence-electron chi connectivity index (χ4n) is 8.75. The maximum atomic E-state index is 6.58. The third-order valence-electron chi connectivity index (χ3n) is 11.4. The Balaban J connectivity index is 1.10. The first-order valence-electron chi connectivity index (χ1n) is 18.3. The average molecular weight is 686 g/mol. The number of rotatable bonds is 4. The predicted octanol–water partition coefficient (Wildman–Crippen LogP) is 11.8. The second kappa shape index (κ2) is 11.3. The molecule has 3 heterocycles. The zero-order valence-electron chi connectivity index (χ0n) is 29.4. The summed E-state index contributed by atoms with van der Waals surface area (Å²) in [4.78, 5) is 5.48. The topological polar surface area (TPSA) is 62.7 Å². The molecule has 0 fully saturated rings. The van der Waals surface area contributed by atoms with E-state index in [1.54, 1.807) is 0 Å². The van der Waals surface area contributed by atoms with Crippen LogP contribution in [0.15, 0.2) is 165 Å². The van der Waals surface area contributed by atoms with Crippen molar-refractivity contribution in [3.05, 3.63) is 179 Å². The third kappa shape index (κ3) is 4.57. The quantitative estimate of drug-likeness (QED) is 0.194. The summed E-state index contributed by atoms with van der Waals surface area (Å²) in [5, 5.41) is 12.0. The fraction of sp³-hybridized carbons (Fsp3) is 0.104. The summed E-state index contributed by atoms with van der Waals surface area (Å²) in [5.41, 5.74) is 14.0. The van der Waals surface area contributed by atoms with Gasteiger partial charge >= 0.3 is 0 Å². The minimum atomic E-state index is -0.339. The maximum absolute atomic E-state index is 6.58. The summed E-state index contributed by atoms with van der Waals surface area (Å²) in [7, 11) is 0. The summed E-state index contributed by atoms with van der Waals surface area (Å²) in [5.74, 6) is 0.799.